The first kappa shape index (κ1) is 39.8. The first-order valence-corrected chi connectivity index (χ1v) is 15.8. The number of aromatic nitrogens is 1. The van der Waals surface area contributed by atoms with E-state index in [9.17, 15) is 41.8 Å². The Hall–Kier alpha value is -4.66. The normalized spacial score (nSPS) is 13.8. The van der Waals surface area contributed by atoms with Crippen LogP contribution in [0.3, 0.4) is 0 Å². The number of rotatable bonds is 13. The first-order valence-electron chi connectivity index (χ1n) is 15.8. The molecular weight excluding hydrogens is 666 g/mol. The summed E-state index contributed by atoms with van der Waals surface area (Å²) in [5.41, 5.74) is -1.16. The molecule has 3 rings (SSSR count). The van der Waals surface area contributed by atoms with Crippen molar-refractivity contribution in [2.24, 2.45) is 5.92 Å². The SMILES string of the molecule is CC(C)[C@H](NC(=O)c1cc2ccccc2n1CC(=O)OC(C)(C)C)C(=O)NC(CC(=O)OC(C)(C)C)C(O)COc1c(F)c(F)cc(F)c1F. The number of nitrogens with zero attached hydrogens (tertiary/aromatic N) is 1. The largest absolute Gasteiger partial charge is 0.485 e. The van der Waals surface area contributed by atoms with Crippen LogP contribution in [0.15, 0.2) is 36.4 Å². The van der Waals surface area contributed by atoms with Crippen LogP contribution in [-0.2, 0) is 30.4 Å². The minimum absolute atomic E-state index is 0.0170. The lowest BCUT2D eigenvalue weighted by Gasteiger charge is -2.29. The van der Waals surface area contributed by atoms with Crippen LogP contribution in [-0.4, -0.2) is 69.4 Å². The predicted molar refractivity (Wildman–Crippen MR) is 174 cm³/mol. The molecule has 0 saturated heterocycles. The molecule has 1 heterocycles. The number of hydrogen-bond donors (Lipinski definition) is 3. The van der Waals surface area contributed by atoms with Crippen LogP contribution in [0.4, 0.5) is 17.6 Å². The Morgan fingerprint density at radius 2 is 1.40 bits per heavy atom. The third-order valence-electron chi connectivity index (χ3n) is 7.05. The van der Waals surface area contributed by atoms with Gasteiger partial charge in [-0.15, -0.1) is 0 Å². The molecule has 2 aromatic carbocycles. The lowest BCUT2D eigenvalue weighted by Crippen LogP contribution is -2.56. The van der Waals surface area contributed by atoms with E-state index in [0.29, 0.717) is 10.9 Å². The number of halogens is 4. The van der Waals surface area contributed by atoms with Crippen LogP contribution in [0.2, 0.25) is 0 Å². The summed E-state index contributed by atoms with van der Waals surface area (Å²) in [7, 11) is 0. The molecule has 274 valence electrons. The maximum atomic E-state index is 14.2. The second-order valence-corrected chi connectivity index (χ2v) is 14.0. The number of aliphatic hydroxyl groups excluding tert-OH is 1. The summed E-state index contributed by atoms with van der Waals surface area (Å²) < 4.78 is 72.9. The van der Waals surface area contributed by atoms with E-state index in [1.165, 1.54) is 4.57 Å². The highest BCUT2D eigenvalue weighted by Gasteiger charge is 2.33. The number of benzene rings is 2. The highest BCUT2D eigenvalue weighted by atomic mass is 19.2. The summed E-state index contributed by atoms with van der Waals surface area (Å²) in [6.07, 6.45) is -2.55. The predicted octanol–water partition coefficient (Wildman–Crippen LogP) is 4.95. The highest BCUT2D eigenvalue weighted by Crippen LogP contribution is 2.27. The van der Waals surface area contributed by atoms with Gasteiger partial charge in [-0.05, 0) is 59.6 Å². The van der Waals surface area contributed by atoms with Gasteiger partial charge in [0.15, 0.2) is 17.4 Å². The standard InChI is InChI=1S/C35H43F4N3O8/c1-18(2)30(41-32(46)24-13-19-11-9-10-12-23(19)42(24)16-27(45)50-35(6,7)8)33(47)40-22(15-26(44)49-34(3,4)5)25(43)17-48-31-28(38)20(36)14-21(37)29(31)39/h9-14,18,22,25,30,43H,15-17H2,1-8H3,(H,40,47)(H,41,46)/t22?,25?,30-/m0/s1. The molecule has 3 aromatic rings. The molecule has 0 radical (unpaired) electrons. The zero-order chi connectivity index (χ0) is 37.7. The fraction of sp³-hybridized carbons (Fsp3) is 0.486. The average Bonchev–Trinajstić information content (AvgIpc) is 3.34. The van der Waals surface area contributed by atoms with Crippen molar-refractivity contribution in [3.8, 4) is 5.75 Å². The Kier molecular flexibility index (Phi) is 12.7. The van der Waals surface area contributed by atoms with Gasteiger partial charge in [-0.3, -0.25) is 19.2 Å². The average molecular weight is 710 g/mol. The van der Waals surface area contributed by atoms with Crippen LogP contribution in [0.5, 0.6) is 5.75 Å². The smallest absolute Gasteiger partial charge is 0.326 e. The summed E-state index contributed by atoms with van der Waals surface area (Å²) in [5, 5.41) is 16.7. The van der Waals surface area contributed by atoms with Crippen molar-refractivity contribution in [1.82, 2.24) is 15.2 Å². The van der Waals surface area contributed by atoms with Gasteiger partial charge in [0.05, 0.1) is 12.5 Å². The second kappa shape index (κ2) is 15.9. The number of amides is 2. The number of nitrogens with one attached hydrogen (secondary N) is 2. The van der Waals surface area contributed by atoms with E-state index in [4.69, 9.17) is 14.2 Å². The van der Waals surface area contributed by atoms with E-state index < -0.39 is 101 Å². The topological polar surface area (TPSA) is 145 Å². The van der Waals surface area contributed by atoms with Gasteiger partial charge in [0.25, 0.3) is 5.91 Å². The van der Waals surface area contributed by atoms with Gasteiger partial charge in [-0.25, -0.2) is 8.78 Å². The van der Waals surface area contributed by atoms with Crippen molar-refractivity contribution in [2.45, 2.75) is 97.7 Å². The summed E-state index contributed by atoms with van der Waals surface area (Å²) in [6, 6.07) is 5.65. The van der Waals surface area contributed by atoms with Gasteiger partial charge >= 0.3 is 11.9 Å². The van der Waals surface area contributed by atoms with Gasteiger partial charge < -0.3 is 34.5 Å². The Labute approximate surface area is 287 Å². The van der Waals surface area contributed by atoms with Gasteiger partial charge in [0.2, 0.25) is 17.5 Å². The van der Waals surface area contributed by atoms with Gasteiger partial charge in [-0.2, -0.15) is 8.78 Å². The first-order chi connectivity index (χ1) is 23.1. The third kappa shape index (κ3) is 10.7. The number of carbonyl (C=O) groups is 4. The molecule has 0 spiro atoms. The molecule has 0 aliphatic carbocycles. The molecule has 2 unspecified atom stereocenters. The summed E-state index contributed by atoms with van der Waals surface area (Å²) >= 11 is 0. The fourth-order valence-electron chi connectivity index (χ4n) is 4.90. The zero-order valence-electron chi connectivity index (χ0n) is 29.2. The van der Waals surface area contributed by atoms with E-state index >= 15 is 0 Å². The Bertz CT molecular complexity index is 1700. The molecule has 3 atom stereocenters. The quantitative estimate of drug-likeness (QED) is 0.129. The van der Waals surface area contributed by atoms with E-state index in [1.807, 2.05) is 0 Å². The summed E-state index contributed by atoms with van der Waals surface area (Å²) in [5.74, 6) is -12.3. The minimum atomic E-state index is -1.88. The molecule has 1 aromatic heterocycles. The Morgan fingerprint density at radius 3 is 1.96 bits per heavy atom. The van der Waals surface area contributed by atoms with Crippen molar-refractivity contribution < 1.29 is 56.1 Å². The van der Waals surface area contributed by atoms with Crippen LogP contribution < -0.4 is 15.4 Å². The van der Waals surface area contributed by atoms with Gasteiger partial charge in [-0.1, -0.05) is 32.0 Å². The number of para-hydroxylation sites is 1. The number of carbonyl (C=O) groups excluding carboxylic acids is 4. The Balaban J connectivity index is 1.88. The summed E-state index contributed by atoms with van der Waals surface area (Å²) in [4.78, 5) is 52.9. The molecule has 0 fully saturated rings. The number of ether oxygens (including phenoxy) is 3. The highest BCUT2D eigenvalue weighted by molar-refractivity contribution is 6.01. The monoisotopic (exact) mass is 709 g/mol. The third-order valence-corrected chi connectivity index (χ3v) is 7.05. The van der Waals surface area contributed by atoms with Crippen LogP contribution in [0, 0.1) is 29.2 Å². The number of esters is 2. The zero-order valence-corrected chi connectivity index (χ0v) is 29.2. The van der Waals surface area contributed by atoms with Crippen molar-refractivity contribution in [3.63, 3.8) is 0 Å². The van der Waals surface area contributed by atoms with E-state index in [-0.39, 0.29) is 18.3 Å². The lowest BCUT2D eigenvalue weighted by molar-refractivity contribution is -0.157. The molecule has 0 bridgehead atoms. The molecule has 0 saturated carbocycles. The van der Waals surface area contributed by atoms with Crippen LogP contribution in [0.25, 0.3) is 10.9 Å². The van der Waals surface area contributed by atoms with Crippen molar-refractivity contribution >= 4 is 34.7 Å². The maximum Gasteiger partial charge on any atom is 0.326 e. The molecular formula is C35H43F4N3O8. The van der Waals surface area contributed by atoms with Crippen LogP contribution in [0.1, 0.15) is 72.3 Å². The minimum Gasteiger partial charge on any atom is -0.485 e. The maximum absolute atomic E-state index is 14.2. The molecule has 0 aliphatic rings. The van der Waals surface area contributed by atoms with Gasteiger partial charge in [0, 0.05) is 17.0 Å². The van der Waals surface area contributed by atoms with E-state index in [2.05, 4.69) is 10.6 Å². The Morgan fingerprint density at radius 1 is 0.840 bits per heavy atom. The number of fused-ring (bicyclic) bond motifs is 1. The van der Waals surface area contributed by atoms with E-state index in [1.54, 1.807) is 85.7 Å². The fourth-order valence-corrected chi connectivity index (χ4v) is 4.90. The number of aliphatic hydroxyl groups is 1. The van der Waals surface area contributed by atoms with Gasteiger partial charge in [0.1, 0.15) is 42.2 Å². The van der Waals surface area contributed by atoms with Crippen molar-refractivity contribution in [2.75, 3.05) is 6.61 Å². The van der Waals surface area contributed by atoms with E-state index in [0.717, 1.165) is 0 Å². The van der Waals surface area contributed by atoms with Crippen LogP contribution >= 0.6 is 0 Å². The molecule has 0 aliphatic heterocycles. The molecule has 11 nitrogen and oxygen atoms in total. The summed E-state index contributed by atoms with van der Waals surface area (Å²) in [6.45, 7) is 11.7. The second-order valence-electron chi connectivity index (χ2n) is 14.0. The number of hydrogen-bond acceptors (Lipinski definition) is 8. The van der Waals surface area contributed by atoms with Crippen molar-refractivity contribution in [1.29, 1.82) is 0 Å². The molecule has 2 amide bonds. The lowest BCUT2D eigenvalue weighted by atomic mass is 10.0. The van der Waals surface area contributed by atoms with Crippen molar-refractivity contribution in [3.05, 3.63) is 65.4 Å². The molecule has 3 N–H and O–H groups in total. The molecule has 50 heavy (non-hydrogen) atoms. The molecule has 15 heteroatoms.